The minimum Gasteiger partial charge on any atom is -0.481 e. The van der Waals surface area contributed by atoms with E-state index in [0.29, 0.717) is 31.0 Å². The van der Waals surface area contributed by atoms with E-state index >= 15 is 0 Å². The van der Waals surface area contributed by atoms with Gasteiger partial charge in [0.2, 0.25) is 0 Å². The highest BCUT2D eigenvalue weighted by atomic mass is 16.5. The van der Waals surface area contributed by atoms with Gasteiger partial charge in [0.25, 0.3) is 5.91 Å². The molecule has 1 atom stereocenters. The van der Waals surface area contributed by atoms with Crippen LogP contribution in [0.2, 0.25) is 0 Å². The third-order valence-corrected chi connectivity index (χ3v) is 3.89. The molecule has 1 aliphatic heterocycles. The van der Waals surface area contributed by atoms with E-state index in [9.17, 15) is 9.59 Å². The maximum atomic E-state index is 12.4. The van der Waals surface area contributed by atoms with Gasteiger partial charge in [0, 0.05) is 31.5 Å². The van der Waals surface area contributed by atoms with Gasteiger partial charge in [-0.05, 0) is 25.2 Å². The van der Waals surface area contributed by atoms with Gasteiger partial charge >= 0.3 is 5.97 Å². The first kappa shape index (κ1) is 15.5. The molecule has 1 aromatic rings. The van der Waals surface area contributed by atoms with Crippen molar-refractivity contribution in [2.75, 3.05) is 13.1 Å². The number of carboxylic acids is 1. The number of likely N-dealkylation sites (tertiary alicyclic amines) is 1. The van der Waals surface area contributed by atoms with Gasteiger partial charge in [-0.2, -0.15) is 0 Å². The molecule has 1 aliphatic rings. The minimum absolute atomic E-state index is 0.120. The summed E-state index contributed by atoms with van der Waals surface area (Å²) in [6.45, 7) is 5.28. The fourth-order valence-electron chi connectivity index (χ4n) is 2.64. The van der Waals surface area contributed by atoms with E-state index in [1.165, 1.54) is 0 Å². The minimum atomic E-state index is -0.781. The van der Waals surface area contributed by atoms with Crippen LogP contribution in [-0.4, -0.2) is 40.1 Å². The number of carbonyl (C=O) groups is 2. The monoisotopic (exact) mass is 294 g/mol. The van der Waals surface area contributed by atoms with Gasteiger partial charge in [-0.15, -0.1) is 0 Å². The molecule has 2 rings (SSSR count). The standard InChI is InChI=1S/C15H22N2O4/c1-10(2)13-8-12(16-21-13)15(20)17-7-3-4-11(9-17)5-6-14(18)19/h8,10-11H,3-7,9H2,1-2H3,(H,18,19). The van der Waals surface area contributed by atoms with Crippen LogP contribution in [0.5, 0.6) is 0 Å². The van der Waals surface area contributed by atoms with Crippen molar-refractivity contribution in [3.05, 3.63) is 17.5 Å². The van der Waals surface area contributed by atoms with Gasteiger partial charge in [0.05, 0.1) is 0 Å². The van der Waals surface area contributed by atoms with E-state index < -0.39 is 5.97 Å². The van der Waals surface area contributed by atoms with E-state index in [0.717, 1.165) is 12.8 Å². The van der Waals surface area contributed by atoms with E-state index in [2.05, 4.69) is 5.16 Å². The Bertz CT molecular complexity index is 510. The number of carboxylic acid groups (broad SMARTS) is 1. The SMILES string of the molecule is CC(C)c1cc(C(=O)N2CCCC(CCC(=O)O)C2)no1. The molecule has 1 fully saturated rings. The van der Waals surface area contributed by atoms with Crippen molar-refractivity contribution in [2.24, 2.45) is 5.92 Å². The van der Waals surface area contributed by atoms with E-state index in [4.69, 9.17) is 9.63 Å². The molecule has 2 heterocycles. The maximum absolute atomic E-state index is 12.4. The first-order chi connectivity index (χ1) is 9.97. The van der Waals surface area contributed by atoms with Crippen molar-refractivity contribution in [3.8, 4) is 0 Å². The molecule has 0 aromatic carbocycles. The number of amides is 1. The Labute approximate surface area is 124 Å². The highest BCUT2D eigenvalue weighted by molar-refractivity contribution is 5.92. The molecule has 6 heteroatoms. The van der Waals surface area contributed by atoms with E-state index in [1.807, 2.05) is 13.8 Å². The summed E-state index contributed by atoms with van der Waals surface area (Å²) in [5, 5.41) is 12.6. The average Bonchev–Trinajstić information content (AvgIpc) is 2.94. The Morgan fingerprint density at radius 2 is 2.29 bits per heavy atom. The van der Waals surface area contributed by atoms with Crippen LogP contribution in [0.1, 0.15) is 61.7 Å². The predicted octanol–water partition coefficient (Wildman–Crippen LogP) is 2.52. The summed E-state index contributed by atoms with van der Waals surface area (Å²) in [6, 6.07) is 1.70. The highest BCUT2D eigenvalue weighted by Gasteiger charge is 2.27. The van der Waals surface area contributed by atoms with E-state index in [-0.39, 0.29) is 24.2 Å². The molecule has 0 spiro atoms. The van der Waals surface area contributed by atoms with Crippen molar-refractivity contribution in [1.29, 1.82) is 0 Å². The summed E-state index contributed by atoms with van der Waals surface area (Å²) in [6.07, 6.45) is 2.67. The molecule has 0 bridgehead atoms. The summed E-state index contributed by atoms with van der Waals surface area (Å²) in [7, 11) is 0. The summed E-state index contributed by atoms with van der Waals surface area (Å²) >= 11 is 0. The van der Waals surface area contributed by atoms with Crippen molar-refractivity contribution in [2.45, 2.75) is 45.4 Å². The van der Waals surface area contributed by atoms with Crippen molar-refractivity contribution < 1.29 is 19.2 Å². The zero-order valence-corrected chi connectivity index (χ0v) is 12.5. The number of aromatic nitrogens is 1. The molecule has 0 saturated carbocycles. The lowest BCUT2D eigenvalue weighted by Gasteiger charge is -2.32. The Balaban J connectivity index is 1.96. The molecular formula is C15H22N2O4. The van der Waals surface area contributed by atoms with Crippen LogP contribution < -0.4 is 0 Å². The second kappa shape index (κ2) is 6.74. The number of rotatable bonds is 5. The smallest absolute Gasteiger partial charge is 0.303 e. The lowest BCUT2D eigenvalue weighted by Crippen LogP contribution is -2.40. The second-order valence-electron chi connectivity index (χ2n) is 5.96. The average molecular weight is 294 g/mol. The van der Waals surface area contributed by atoms with Crippen LogP contribution in [0.25, 0.3) is 0 Å². The van der Waals surface area contributed by atoms with Crippen molar-refractivity contribution >= 4 is 11.9 Å². The van der Waals surface area contributed by atoms with E-state index in [1.54, 1.807) is 11.0 Å². The molecule has 21 heavy (non-hydrogen) atoms. The summed E-state index contributed by atoms with van der Waals surface area (Å²) in [4.78, 5) is 24.8. The third-order valence-electron chi connectivity index (χ3n) is 3.89. The molecule has 1 N–H and O–H groups in total. The highest BCUT2D eigenvalue weighted by Crippen LogP contribution is 2.23. The fraction of sp³-hybridized carbons (Fsp3) is 0.667. The molecule has 1 unspecified atom stereocenters. The van der Waals surface area contributed by atoms with Gasteiger partial charge in [-0.1, -0.05) is 19.0 Å². The zero-order valence-electron chi connectivity index (χ0n) is 12.5. The Hall–Kier alpha value is -1.85. The summed E-state index contributed by atoms with van der Waals surface area (Å²) < 4.78 is 5.17. The van der Waals surface area contributed by atoms with Crippen LogP contribution in [0, 0.1) is 5.92 Å². The van der Waals surface area contributed by atoms with Crippen LogP contribution >= 0.6 is 0 Å². The normalized spacial score (nSPS) is 19.0. The summed E-state index contributed by atoms with van der Waals surface area (Å²) in [5.74, 6) is 0.263. The quantitative estimate of drug-likeness (QED) is 0.902. The third kappa shape index (κ3) is 4.06. The first-order valence-electron chi connectivity index (χ1n) is 7.45. The zero-order chi connectivity index (χ0) is 15.4. The molecule has 116 valence electrons. The Morgan fingerprint density at radius 1 is 1.52 bits per heavy atom. The molecule has 0 aliphatic carbocycles. The maximum Gasteiger partial charge on any atom is 0.303 e. The van der Waals surface area contributed by atoms with Gasteiger partial charge in [0.15, 0.2) is 5.69 Å². The lowest BCUT2D eigenvalue weighted by molar-refractivity contribution is -0.137. The number of carbonyl (C=O) groups excluding carboxylic acids is 1. The molecule has 1 saturated heterocycles. The molecular weight excluding hydrogens is 272 g/mol. The number of nitrogens with zero attached hydrogens (tertiary/aromatic N) is 2. The van der Waals surface area contributed by atoms with Gasteiger partial charge in [-0.3, -0.25) is 9.59 Å². The Kier molecular flexibility index (Phi) is 4.98. The first-order valence-corrected chi connectivity index (χ1v) is 7.45. The fourth-order valence-corrected chi connectivity index (χ4v) is 2.64. The van der Waals surface area contributed by atoms with Crippen LogP contribution in [0.4, 0.5) is 0 Å². The van der Waals surface area contributed by atoms with Crippen molar-refractivity contribution in [1.82, 2.24) is 10.1 Å². The topological polar surface area (TPSA) is 83.6 Å². The van der Waals surface area contributed by atoms with Crippen LogP contribution in [0.15, 0.2) is 10.6 Å². The predicted molar refractivity (Wildman–Crippen MR) is 76.1 cm³/mol. The number of hydrogen-bond acceptors (Lipinski definition) is 4. The molecule has 6 nitrogen and oxygen atoms in total. The lowest BCUT2D eigenvalue weighted by atomic mass is 9.93. The van der Waals surface area contributed by atoms with Crippen molar-refractivity contribution in [3.63, 3.8) is 0 Å². The largest absolute Gasteiger partial charge is 0.481 e. The summed E-state index contributed by atoms with van der Waals surface area (Å²) in [5.41, 5.74) is 0.345. The van der Waals surface area contributed by atoms with Gasteiger partial charge < -0.3 is 14.5 Å². The number of hydrogen-bond donors (Lipinski definition) is 1. The Morgan fingerprint density at radius 3 is 2.90 bits per heavy atom. The van der Waals surface area contributed by atoms with Gasteiger partial charge in [0.1, 0.15) is 5.76 Å². The molecule has 1 amide bonds. The van der Waals surface area contributed by atoms with Crippen LogP contribution in [0.3, 0.4) is 0 Å². The second-order valence-corrected chi connectivity index (χ2v) is 5.96. The molecule has 0 radical (unpaired) electrons. The van der Waals surface area contributed by atoms with Gasteiger partial charge in [-0.25, -0.2) is 0 Å². The number of aliphatic carboxylic acids is 1. The molecule has 1 aromatic heterocycles. The number of piperidine rings is 1. The van der Waals surface area contributed by atoms with Crippen LogP contribution in [-0.2, 0) is 4.79 Å².